The second-order valence-corrected chi connectivity index (χ2v) is 4.35. The Kier molecular flexibility index (Phi) is 5.62. The zero-order valence-corrected chi connectivity index (χ0v) is 11.9. The molecule has 2 aromatic rings. The lowest BCUT2D eigenvalue weighted by molar-refractivity contribution is 0.0876. The third-order valence-corrected chi connectivity index (χ3v) is 2.91. The summed E-state index contributed by atoms with van der Waals surface area (Å²) in [6, 6.07) is 17.0. The molecule has 0 atom stereocenters. The number of hydrogen-bond donors (Lipinski definition) is 0. The van der Waals surface area contributed by atoms with Crippen molar-refractivity contribution in [2.75, 3.05) is 20.3 Å². The highest BCUT2D eigenvalue weighted by molar-refractivity contribution is 5.41. The highest BCUT2D eigenvalue weighted by atomic mass is 16.5. The number of para-hydroxylation sites is 1. The Labute approximate surface area is 124 Å². The summed E-state index contributed by atoms with van der Waals surface area (Å²) in [5, 5.41) is 8.91. The standard InChI is InChI=1S/C17H17NO3/c1-19-17-8-7-14(12-18)11-15(17)13-20-9-10-21-16-5-3-2-4-6-16/h2-8,11H,9-10,13H2,1H3. The van der Waals surface area contributed by atoms with Crippen molar-refractivity contribution in [2.24, 2.45) is 0 Å². The van der Waals surface area contributed by atoms with E-state index in [2.05, 4.69) is 6.07 Å². The highest BCUT2D eigenvalue weighted by Gasteiger charge is 2.04. The van der Waals surface area contributed by atoms with Crippen LogP contribution < -0.4 is 9.47 Å². The number of ether oxygens (including phenoxy) is 3. The maximum Gasteiger partial charge on any atom is 0.124 e. The molecule has 4 nitrogen and oxygen atoms in total. The average Bonchev–Trinajstić information content (AvgIpc) is 2.55. The quantitative estimate of drug-likeness (QED) is 0.732. The molecule has 0 fully saturated rings. The maximum atomic E-state index is 8.91. The Bertz CT molecular complexity index is 605. The summed E-state index contributed by atoms with van der Waals surface area (Å²) in [5.41, 5.74) is 1.45. The third-order valence-electron chi connectivity index (χ3n) is 2.91. The molecule has 0 N–H and O–H groups in total. The van der Waals surface area contributed by atoms with Crippen molar-refractivity contribution in [3.63, 3.8) is 0 Å². The van der Waals surface area contributed by atoms with E-state index >= 15 is 0 Å². The molecule has 0 saturated carbocycles. The Morgan fingerprint density at radius 1 is 1.05 bits per heavy atom. The number of nitriles is 1. The van der Waals surface area contributed by atoms with E-state index in [4.69, 9.17) is 19.5 Å². The van der Waals surface area contributed by atoms with Crippen LogP contribution in [0, 0.1) is 11.3 Å². The Balaban J connectivity index is 1.79. The molecular weight excluding hydrogens is 266 g/mol. The second kappa shape index (κ2) is 7.93. The molecule has 0 heterocycles. The van der Waals surface area contributed by atoms with Crippen LogP contribution in [0.3, 0.4) is 0 Å². The normalized spacial score (nSPS) is 9.90. The molecule has 0 aliphatic rings. The Morgan fingerprint density at radius 2 is 1.86 bits per heavy atom. The monoisotopic (exact) mass is 283 g/mol. The number of benzene rings is 2. The summed E-state index contributed by atoms with van der Waals surface area (Å²) in [4.78, 5) is 0. The summed E-state index contributed by atoms with van der Waals surface area (Å²) in [6.45, 7) is 1.33. The number of methoxy groups -OCH3 is 1. The van der Waals surface area contributed by atoms with Crippen molar-refractivity contribution in [3.8, 4) is 17.6 Å². The van der Waals surface area contributed by atoms with Gasteiger partial charge in [0.25, 0.3) is 0 Å². The van der Waals surface area contributed by atoms with E-state index in [1.54, 1.807) is 25.3 Å². The van der Waals surface area contributed by atoms with Crippen molar-refractivity contribution < 1.29 is 14.2 Å². The van der Waals surface area contributed by atoms with Crippen LogP contribution in [0.4, 0.5) is 0 Å². The second-order valence-electron chi connectivity index (χ2n) is 4.35. The summed E-state index contributed by atoms with van der Waals surface area (Å²) in [6.07, 6.45) is 0. The van der Waals surface area contributed by atoms with Crippen molar-refractivity contribution in [2.45, 2.75) is 6.61 Å². The fourth-order valence-corrected chi connectivity index (χ4v) is 1.88. The number of rotatable bonds is 7. The van der Waals surface area contributed by atoms with Crippen molar-refractivity contribution in [3.05, 3.63) is 59.7 Å². The van der Waals surface area contributed by atoms with Gasteiger partial charge in [0.1, 0.15) is 18.1 Å². The van der Waals surface area contributed by atoms with Crippen molar-refractivity contribution >= 4 is 0 Å². The molecule has 0 aliphatic heterocycles. The smallest absolute Gasteiger partial charge is 0.124 e. The molecule has 0 saturated heterocycles. The highest BCUT2D eigenvalue weighted by Crippen LogP contribution is 2.20. The van der Waals surface area contributed by atoms with Gasteiger partial charge in [-0.15, -0.1) is 0 Å². The van der Waals surface area contributed by atoms with E-state index in [1.807, 2.05) is 30.3 Å². The van der Waals surface area contributed by atoms with Crippen LogP contribution >= 0.6 is 0 Å². The minimum absolute atomic E-state index is 0.386. The predicted molar refractivity (Wildman–Crippen MR) is 79.3 cm³/mol. The summed E-state index contributed by atoms with van der Waals surface area (Å²) in [5.74, 6) is 1.54. The Morgan fingerprint density at radius 3 is 2.57 bits per heavy atom. The molecule has 0 aliphatic carbocycles. The van der Waals surface area contributed by atoms with Crippen molar-refractivity contribution in [1.82, 2.24) is 0 Å². The lowest BCUT2D eigenvalue weighted by atomic mass is 10.1. The molecule has 0 spiro atoms. The van der Waals surface area contributed by atoms with Crippen LogP contribution in [-0.2, 0) is 11.3 Å². The van der Waals surface area contributed by atoms with Crippen LogP contribution in [-0.4, -0.2) is 20.3 Å². The van der Waals surface area contributed by atoms with Gasteiger partial charge < -0.3 is 14.2 Å². The largest absolute Gasteiger partial charge is 0.496 e. The minimum Gasteiger partial charge on any atom is -0.496 e. The molecule has 4 heteroatoms. The predicted octanol–water partition coefficient (Wildman–Crippen LogP) is 3.16. The van der Waals surface area contributed by atoms with Gasteiger partial charge in [-0.05, 0) is 30.3 Å². The third kappa shape index (κ3) is 4.51. The first-order valence-electron chi connectivity index (χ1n) is 6.66. The van der Waals surface area contributed by atoms with Crippen LogP contribution in [0.15, 0.2) is 48.5 Å². The fourth-order valence-electron chi connectivity index (χ4n) is 1.88. The molecule has 0 bridgehead atoms. The maximum absolute atomic E-state index is 8.91. The van der Waals surface area contributed by atoms with Crippen molar-refractivity contribution in [1.29, 1.82) is 5.26 Å². The first kappa shape index (κ1) is 14.9. The molecule has 2 aromatic carbocycles. The minimum atomic E-state index is 0.386. The van der Waals surface area contributed by atoms with Crippen LogP contribution in [0.1, 0.15) is 11.1 Å². The van der Waals surface area contributed by atoms with Gasteiger partial charge in [0.2, 0.25) is 0 Å². The average molecular weight is 283 g/mol. The molecule has 0 unspecified atom stereocenters. The van der Waals surface area contributed by atoms with Crippen LogP contribution in [0.25, 0.3) is 0 Å². The van der Waals surface area contributed by atoms with E-state index in [1.165, 1.54) is 0 Å². The van der Waals surface area contributed by atoms with Crippen LogP contribution in [0.5, 0.6) is 11.5 Å². The van der Waals surface area contributed by atoms with Gasteiger partial charge in [-0.1, -0.05) is 18.2 Å². The molecular formula is C17H17NO3. The zero-order chi connectivity index (χ0) is 14.9. The molecule has 108 valence electrons. The van der Waals surface area contributed by atoms with E-state index in [0.717, 1.165) is 17.1 Å². The van der Waals surface area contributed by atoms with Crippen LogP contribution in [0.2, 0.25) is 0 Å². The summed E-state index contributed by atoms with van der Waals surface area (Å²) in [7, 11) is 1.60. The topological polar surface area (TPSA) is 51.5 Å². The molecule has 21 heavy (non-hydrogen) atoms. The van der Waals surface area contributed by atoms with E-state index < -0.39 is 0 Å². The molecule has 0 aromatic heterocycles. The van der Waals surface area contributed by atoms with Gasteiger partial charge >= 0.3 is 0 Å². The molecule has 0 amide bonds. The Hall–Kier alpha value is -2.51. The van der Waals surface area contributed by atoms with Gasteiger partial charge in [0.05, 0.1) is 32.0 Å². The van der Waals surface area contributed by atoms with Gasteiger partial charge in [-0.3, -0.25) is 0 Å². The van der Waals surface area contributed by atoms with Gasteiger partial charge in [-0.2, -0.15) is 5.26 Å². The number of nitrogens with zero attached hydrogens (tertiary/aromatic N) is 1. The lowest BCUT2D eigenvalue weighted by Gasteiger charge is -2.10. The fraction of sp³-hybridized carbons (Fsp3) is 0.235. The van der Waals surface area contributed by atoms with E-state index in [9.17, 15) is 0 Å². The summed E-state index contributed by atoms with van der Waals surface area (Å²) < 4.78 is 16.4. The number of hydrogen-bond acceptors (Lipinski definition) is 4. The molecule has 0 radical (unpaired) electrons. The first-order chi connectivity index (χ1) is 10.3. The summed E-state index contributed by atoms with van der Waals surface area (Å²) >= 11 is 0. The lowest BCUT2D eigenvalue weighted by Crippen LogP contribution is -2.07. The first-order valence-corrected chi connectivity index (χ1v) is 6.66. The zero-order valence-electron chi connectivity index (χ0n) is 11.9. The van der Waals surface area contributed by atoms with E-state index in [-0.39, 0.29) is 0 Å². The van der Waals surface area contributed by atoms with Gasteiger partial charge in [0, 0.05) is 5.56 Å². The van der Waals surface area contributed by atoms with Gasteiger partial charge in [-0.25, -0.2) is 0 Å². The van der Waals surface area contributed by atoms with E-state index in [0.29, 0.717) is 25.4 Å². The SMILES string of the molecule is COc1ccc(C#N)cc1COCCOc1ccccc1. The van der Waals surface area contributed by atoms with Gasteiger partial charge in [0.15, 0.2) is 0 Å². The molecule has 2 rings (SSSR count).